The Morgan fingerprint density at radius 2 is 1.96 bits per heavy atom. The molecule has 0 saturated heterocycles. The van der Waals surface area contributed by atoms with E-state index in [0.717, 1.165) is 12.0 Å². The second-order valence-electron chi connectivity index (χ2n) is 5.84. The van der Waals surface area contributed by atoms with E-state index in [9.17, 15) is 9.18 Å². The molecule has 0 saturated carbocycles. The van der Waals surface area contributed by atoms with Gasteiger partial charge in [0.15, 0.2) is 6.10 Å². The van der Waals surface area contributed by atoms with Crippen molar-refractivity contribution in [3.8, 4) is 5.75 Å². The lowest BCUT2D eigenvalue weighted by Gasteiger charge is -2.19. The zero-order valence-electron chi connectivity index (χ0n) is 14.2. The van der Waals surface area contributed by atoms with Crippen LogP contribution in [0.15, 0.2) is 42.5 Å². The molecule has 0 aliphatic rings. The van der Waals surface area contributed by atoms with Gasteiger partial charge < -0.3 is 15.8 Å². The van der Waals surface area contributed by atoms with E-state index >= 15 is 0 Å². The lowest BCUT2D eigenvalue weighted by Crippen LogP contribution is -2.30. The number of amides is 1. The number of para-hydroxylation sites is 1. The number of rotatable bonds is 6. The van der Waals surface area contributed by atoms with Gasteiger partial charge in [-0.1, -0.05) is 32.0 Å². The third kappa shape index (κ3) is 4.25. The first kappa shape index (κ1) is 17.8. The third-order valence-electron chi connectivity index (χ3n) is 3.98. The molecule has 2 atom stereocenters. The van der Waals surface area contributed by atoms with Crippen molar-refractivity contribution in [3.05, 3.63) is 53.8 Å². The van der Waals surface area contributed by atoms with Crippen LogP contribution >= 0.6 is 0 Å². The van der Waals surface area contributed by atoms with Gasteiger partial charge in [-0.3, -0.25) is 4.79 Å². The Morgan fingerprint density at radius 1 is 1.25 bits per heavy atom. The minimum Gasteiger partial charge on any atom is -0.481 e. The molecule has 0 aromatic heterocycles. The number of nitrogen functional groups attached to an aromatic ring is 1. The standard InChI is InChI=1S/C19H23FN2O2/c1-4-12(2)15-7-5-6-8-18(15)24-13(3)19(23)22-17-11-14(21)9-10-16(17)20/h5-13H,4,21H2,1-3H3,(H,22,23)/t12-,13-/m0/s1. The van der Waals surface area contributed by atoms with Gasteiger partial charge in [-0.2, -0.15) is 0 Å². The normalized spacial score (nSPS) is 13.2. The lowest BCUT2D eigenvalue weighted by molar-refractivity contribution is -0.122. The number of benzene rings is 2. The average Bonchev–Trinajstić information content (AvgIpc) is 2.57. The van der Waals surface area contributed by atoms with Crippen molar-refractivity contribution in [3.63, 3.8) is 0 Å². The second kappa shape index (κ2) is 7.81. The molecule has 0 aliphatic carbocycles. The summed E-state index contributed by atoms with van der Waals surface area (Å²) >= 11 is 0. The largest absolute Gasteiger partial charge is 0.481 e. The monoisotopic (exact) mass is 330 g/mol. The number of nitrogens with one attached hydrogen (secondary N) is 1. The molecule has 24 heavy (non-hydrogen) atoms. The van der Waals surface area contributed by atoms with Crippen molar-refractivity contribution < 1.29 is 13.9 Å². The minimum atomic E-state index is -0.768. The van der Waals surface area contributed by atoms with Crippen LogP contribution in [-0.4, -0.2) is 12.0 Å². The molecule has 0 heterocycles. The highest BCUT2D eigenvalue weighted by Crippen LogP contribution is 2.29. The van der Waals surface area contributed by atoms with Crippen molar-refractivity contribution in [2.75, 3.05) is 11.1 Å². The Balaban J connectivity index is 2.11. The van der Waals surface area contributed by atoms with Gasteiger partial charge in [0.25, 0.3) is 5.91 Å². The maximum Gasteiger partial charge on any atom is 0.265 e. The van der Waals surface area contributed by atoms with Crippen molar-refractivity contribution >= 4 is 17.3 Å². The van der Waals surface area contributed by atoms with Gasteiger partial charge in [0.05, 0.1) is 5.69 Å². The highest BCUT2D eigenvalue weighted by molar-refractivity contribution is 5.94. The van der Waals surface area contributed by atoms with Gasteiger partial charge in [-0.15, -0.1) is 0 Å². The van der Waals surface area contributed by atoms with Crippen molar-refractivity contribution in [2.45, 2.75) is 39.2 Å². The molecule has 1 amide bonds. The highest BCUT2D eigenvalue weighted by atomic mass is 19.1. The number of ether oxygens (including phenoxy) is 1. The highest BCUT2D eigenvalue weighted by Gasteiger charge is 2.19. The fraction of sp³-hybridized carbons (Fsp3) is 0.316. The Labute approximate surface area is 141 Å². The zero-order valence-corrected chi connectivity index (χ0v) is 14.2. The molecular formula is C19H23FN2O2. The summed E-state index contributed by atoms with van der Waals surface area (Å²) in [4.78, 5) is 12.3. The topological polar surface area (TPSA) is 64.3 Å². The van der Waals surface area contributed by atoms with Crippen LogP contribution in [-0.2, 0) is 4.79 Å². The molecule has 4 nitrogen and oxygen atoms in total. The SMILES string of the molecule is CC[C@H](C)c1ccccc1O[C@@H](C)C(=O)Nc1cc(N)ccc1F. The molecule has 0 unspecified atom stereocenters. The summed E-state index contributed by atoms with van der Waals surface area (Å²) in [5.74, 6) is 0.0218. The van der Waals surface area contributed by atoms with E-state index in [4.69, 9.17) is 10.5 Å². The van der Waals surface area contributed by atoms with Crippen molar-refractivity contribution in [1.29, 1.82) is 0 Å². The molecule has 2 rings (SSSR count). The summed E-state index contributed by atoms with van der Waals surface area (Å²) in [6.45, 7) is 5.84. The van der Waals surface area contributed by atoms with E-state index in [0.29, 0.717) is 17.4 Å². The van der Waals surface area contributed by atoms with E-state index < -0.39 is 17.8 Å². The molecule has 128 valence electrons. The average molecular weight is 330 g/mol. The van der Waals surface area contributed by atoms with Crippen molar-refractivity contribution in [1.82, 2.24) is 0 Å². The molecule has 5 heteroatoms. The van der Waals surface area contributed by atoms with Crippen LogP contribution in [0.3, 0.4) is 0 Å². The van der Waals surface area contributed by atoms with Crippen LogP contribution in [0.2, 0.25) is 0 Å². The van der Waals surface area contributed by atoms with Gasteiger partial charge >= 0.3 is 0 Å². The summed E-state index contributed by atoms with van der Waals surface area (Å²) in [6.07, 6.45) is 0.200. The maximum absolute atomic E-state index is 13.7. The quantitative estimate of drug-likeness (QED) is 0.775. The van der Waals surface area contributed by atoms with Crippen LogP contribution < -0.4 is 15.8 Å². The Morgan fingerprint density at radius 3 is 2.67 bits per heavy atom. The van der Waals surface area contributed by atoms with Crippen LogP contribution in [0.4, 0.5) is 15.8 Å². The minimum absolute atomic E-state index is 0.0469. The number of nitrogens with two attached hydrogens (primary N) is 1. The summed E-state index contributed by atoms with van der Waals surface area (Å²) in [5.41, 5.74) is 7.10. The molecular weight excluding hydrogens is 307 g/mol. The Kier molecular flexibility index (Phi) is 5.79. The van der Waals surface area contributed by atoms with Crippen molar-refractivity contribution in [2.24, 2.45) is 0 Å². The van der Waals surface area contributed by atoms with Crippen LogP contribution in [0.1, 0.15) is 38.7 Å². The molecule has 0 bridgehead atoms. The molecule has 0 fully saturated rings. The molecule has 0 aliphatic heterocycles. The number of carbonyl (C=O) groups is 1. The van der Waals surface area contributed by atoms with E-state index in [1.54, 1.807) is 6.92 Å². The first-order chi connectivity index (χ1) is 11.4. The summed E-state index contributed by atoms with van der Waals surface area (Å²) in [6, 6.07) is 11.7. The van der Waals surface area contributed by atoms with Crippen LogP contribution in [0.5, 0.6) is 5.75 Å². The first-order valence-corrected chi connectivity index (χ1v) is 8.03. The van der Waals surface area contributed by atoms with E-state index in [2.05, 4.69) is 19.2 Å². The van der Waals surface area contributed by atoms with Gasteiger partial charge in [-0.05, 0) is 49.1 Å². The van der Waals surface area contributed by atoms with E-state index in [1.807, 2.05) is 24.3 Å². The molecule has 0 spiro atoms. The first-order valence-electron chi connectivity index (χ1n) is 8.03. The number of carbonyl (C=O) groups excluding carboxylic acids is 1. The molecule has 2 aromatic rings. The smallest absolute Gasteiger partial charge is 0.265 e. The van der Waals surface area contributed by atoms with Gasteiger partial charge in [0.1, 0.15) is 11.6 Å². The number of halogens is 1. The second-order valence-corrected chi connectivity index (χ2v) is 5.84. The Hall–Kier alpha value is -2.56. The fourth-order valence-electron chi connectivity index (χ4n) is 2.33. The third-order valence-corrected chi connectivity index (χ3v) is 3.98. The molecule has 0 radical (unpaired) electrons. The van der Waals surface area contributed by atoms with E-state index in [1.165, 1.54) is 18.2 Å². The number of hydrogen-bond donors (Lipinski definition) is 2. The number of hydrogen-bond acceptors (Lipinski definition) is 3. The van der Waals surface area contributed by atoms with E-state index in [-0.39, 0.29) is 5.69 Å². The zero-order chi connectivity index (χ0) is 17.7. The lowest BCUT2D eigenvalue weighted by atomic mass is 9.98. The fourth-order valence-corrected chi connectivity index (χ4v) is 2.33. The van der Waals surface area contributed by atoms with Gasteiger partial charge in [-0.25, -0.2) is 4.39 Å². The van der Waals surface area contributed by atoms with Crippen LogP contribution in [0, 0.1) is 5.82 Å². The Bertz CT molecular complexity index is 718. The predicted octanol–water partition coefficient (Wildman–Crippen LogP) is 4.33. The molecule has 2 aromatic carbocycles. The maximum atomic E-state index is 13.7. The number of anilines is 2. The summed E-state index contributed by atoms with van der Waals surface area (Å²) in [7, 11) is 0. The summed E-state index contributed by atoms with van der Waals surface area (Å²) < 4.78 is 19.5. The predicted molar refractivity (Wildman–Crippen MR) is 94.7 cm³/mol. The van der Waals surface area contributed by atoms with Gasteiger partial charge in [0, 0.05) is 5.69 Å². The summed E-state index contributed by atoms with van der Waals surface area (Å²) in [5, 5.41) is 2.51. The van der Waals surface area contributed by atoms with Gasteiger partial charge in [0.2, 0.25) is 0 Å². The molecule has 3 N–H and O–H groups in total. The van der Waals surface area contributed by atoms with Crippen LogP contribution in [0.25, 0.3) is 0 Å².